The maximum absolute atomic E-state index is 12.7. The first kappa shape index (κ1) is 17.7. The second-order valence-corrected chi connectivity index (χ2v) is 7.74. The summed E-state index contributed by atoms with van der Waals surface area (Å²) in [6.07, 6.45) is 9.82. The number of carbonyl (C=O) groups is 2. The number of likely N-dealkylation sites (tertiary alicyclic amines) is 2. The second-order valence-electron chi connectivity index (χ2n) is 7.74. The Balaban J connectivity index is 1.47. The maximum atomic E-state index is 12.7. The van der Waals surface area contributed by atoms with Crippen LogP contribution in [0.1, 0.15) is 47.4 Å². The van der Waals surface area contributed by atoms with Gasteiger partial charge in [0.05, 0.1) is 36.0 Å². The largest absolute Gasteiger partial charge is 0.472 e. The molecule has 2 fully saturated rings. The molecule has 27 heavy (non-hydrogen) atoms. The normalized spacial score (nSPS) is 23.1. The molecule has 1 spiro atoms. The highest BCUT2D eigenvalue weighted by Crippen LogP contribution is 2.39. The van der Waals surface area contributed by atoms with Gasteiger partial charge in [-0.25, -0.2) is 0 Å². The number of hydrogen-bond acceptors (Lipinski definition) is 5. The fraction of sp³-hybridized carbons (Fsp3) is 0.500. The average molecular weight is 368 g/mol. The molecule has 0 bridgehead atoms. The van der Waals surface area contributed by atoms with Crippen LogP contribution in [0.2, 0.25) is 0 Å². The molecule has 0 N–H and O–H groups in total. The van der Waals surface area contributed by atoms with Crippen molar-refractivity contribution in [2.45, 2.75) is 39.2 Å². The predicted molar refractivity (Wildman–Crippen MR) is 97.7 cm³/mol. The molecule has 7 heteroatoms. The Bertz CT molecular complexity index is 818. The van der Waals surface area contributed by atoms with Crippen LogP contribution < -0.4 is 0 Å². The highest BCUT2D eigenvalue weighted by molar-refractivity contribution is 5.94. The summed E-state index contributed by atoms with van der Waals surface area (Å²) < 4.78 is 5.06. The van der Waals surface area contributed by atoms with E-state index in [1.54, 1.807) is 18.5 Å². The third-order valence-electron chi connectivity index (χ3n) is 5.65. The van der Waals surface area contributed by atoms with Crippen molar-refractivity contribution in [2.24, 2.45) is 5.41 Å². The molecule has 7 nitrogen and oxygen atoms in total. The molecule has 0 radical (unpaired) electrons. The number of aromatic nitrogens is 2. The zero-order chi connectivity index (χ0) is 18.9. The van der Waals surface area contributed by atoms with E-state index < -0.39 is 0 Å². The van der Waals surface area contributed by atoms with Gasteiger partial charge in [0.1, 0.15) is 6.26 Å². The molecule has 4 rings (SSSR count). The fourth-order valence-corrected chi connectivity index (χ4v) is 4.23. The van der Waals surface area contributed by atoms with Crippen LogP contribution in [0.15, 0.2) is 35.4 Å². The first-order valence-corrected chi connectivity index (χ1v) is 9.41. The monoisotopic (exact) mass is 368 g/mol. The van der Waals surface area contributed by atoms with Crippen molar-refractivity contribution in [1.82, 2.24) is 19.8 Å². The molecule has 2 aromatic heterocycles. The van der Waals surface area contributed by atoms with Crippen molar-refractivity contribution in [3.63, 3.8) is 0 Å². The molecule has 2 aliphatic rings. The topological polar surface area (TPSA) is 79.5 Å². The van der Waals surface area contributed by atoms with Crippen LogP contribution in [0.3, 0.4) is 0 Å². The van der Waals surface area contributed by atoms with E-state index in [1.165, 1.54) is 12.5 Å². The van der Waals surface area contributed by atoms with Crippen LogP contribution in [0.5, 0.6) is 0 Å². The standard InChI is InChI=1S/C20H24N4O3/c1-15-9-22-17(10-21-15)11-24-14-20(6-3-18(24)25)5-2-7-23(13-20)19(26)16-4-8-27-12-16/h4,8-10,12H,2-3,5-7,11,13-14H2,1H3. The van der Waals surface area contributed by atoms with Gasteiger partial charge in [-0.2, -0.15) is 0 Å². The minimum Gasteiger partial charge on any atom is -0.472 e. The molecule has 0 aliphatic carbocycles. The Hall–Kier alpha value is -2.70. The zero-order valence-electron chi connectivity index (χ0n) is 15.6. The van der Waals surface area contributed by atoms with E-state index in [-0.39, 0.29) is 17.2 Å². The Kier molecular flexibility index (Phi) is 4.68. The van der Waals surface area contributed by atoms with Gasteiger partial charge in [-0.05, 0) is 32.3 Å². The molecule has 0 aromatic carbocycles. The molecule has 2 amide bonds. The van der Waals surface area contributed by atoms with Gasteiger partial charge in [-0.15, -0.1) is 0 Å². The predicted octanol–water partition coefficient (Wildman–Crippen LogP) is 2.42. The summed E-state index contributed by atoms with van der Waals surface area (Å²) in [5, 5.41) is 0. The second kappa shape index (κ2) is 7.13. The van der Waals surface area contributed by atoms with Crippen molar-refractivity contribution >= 4 is 11.8 Å². The van der Waals surface area contributed by atoms with Crippen molar-refractivity contribution in [3.05, 3.63) is 47.9 Å². The summed E-state index contributed by atoms with van der Waals surface area (Å²) in [5.41, 5.74) is 2.21. The van der Waals surface area contributed by atoms with E-state index >= 15 is 0 Å². The van der Waals surface area contributed by atoms with Crippen molar-refractivity contribution < 1.29 is 14.0 Å². The minimum atomic E-state index is -0.0380. The van der Waals surface area contributed by atoms with Crippen molar-refractivity contribution in [1.29, 1.82) is 0 Å². The first-order valence-electron chi connectivity index (χ1n) is 9.41. The number of nitrogens with zero attached hydrogens (tertiary/aromatic N) is 4. The Labute approximate surface area is 158 Å². The van der Waals surface area contributed by atoms with Gasteiger partial charge in [0, 0.05) is 37.7 Å². The summed E-state index contributed by atoms with van der Waals surface area (Å²) in [4.78, 5) is 37.7. The van der Waals surface area contributed by atoms with E-state index in [0.29, 0.717) is 31.6 Å². The SMILES string of the molecule is Cc1cnc(CN2CC3(CCCN(C(=O)c4ccoc4)C3)CCC2=O)cn1. The van der Waals surface area contributed by atoms with E-state index in [0.717, 1.165) is 37.2 Å². The maximum Gasteiger partial charge on any atom is 0.257 e. The number of amides is 2. The van der Waals surface area contributed by atoms with Crippen LogP contribution in [0, 0.1) is 12.3 Å². The smallest absolute Gasteiger partial charge is 0.257 e. The molecule has 2 aromatic rings. The molecule has 4 heterocycles. The third-order valence-corrected chi connectivity index (χ3v) is 5.65. The number of aryl methyl sites for hydroxylation is 1. The highest BCUT2D eigenvalue weighted by Gasteiger charge is 2.43. The van der Waals surface area contributed by atoms with Gasteiger partial charge in [0.15, 0.2) is 0 Å². The molecule has 142 valence electrons. The highest BCUT2D eigenvalue weighted by atomic mass is 16.3. The lowest BCUT2D eigenvalue weighted by Crippen LogP contribution is -2.54. The fourth-order valence-electron chi connectivity index (χ4n) is 4.23. The number of rotatable bonds is 3. The van der Waals surface area contributed by atoms with E-state index in [2.05, 4.69) is 9.97 Å². The number of carbonyl (C=O) groups excluding carboxylic acids is 2. The van der Waals surface area contributed by atoms with Crippen LogP contribution >= 0.6 is 0 Å². The third kappa shape index (κ3) is 3.72. The molecule has 2 saturated heterocycles. The Morgan fingerprint density at radius 3 is 2.89 bits per heavy atom. The zero-order valence-corrected chi connectivity index (χ0v) is 15.6. The minimum absolute atomic E-state index is 0.00989. The quantitative estimate of drug-likeness (QED) is 0.831. The number of furan rings is 1. The van der Waals surface area contributed by atoms with Gasteiger partial charge in [-0.3, -0.25) is 19.6 Å². The van der Waals surface area contributed by atoms with Gasteiger partial charge in [0.2, 0.25) is 5.91 Å². The first-order chi connectivity index (χ1) is 13.0. The summed E-state index contributed by atoms with van der Waals surface area (Å²) in [7, 11) is 0. The van der Waals surface area contributed by atoms with Crippen LogP contribution in [-0.2, 0) is 11.3 Å². The molecule has 1 atom stereocenters. The van der Waals surface area contributed by atoms with Gasteiger partial charge >= 0.3 is 0 Å². The van der Waals surface area contributed by atoms with E-state index in [4.69, 9.17) is 4.42 Å². The van der Waals surface area contributed by atoms with Gasteiger partial charge < -0.3 is 14.2 Å². The summed E-state index contributed by atoms with van der Waals surface area (Å²) in [5.74, 6) is 0.164. The number of piperidine rings is 2. The molecule has 2 aliphatic heterocycles. The van der Waals surface area contributed by atoms with Gasteiger partial charge in [0.25, 0.3) is 5.91 Å². The number of hydrogen-bond donors (Lipinski definition) is 0. The lowest BCUT2D eigenvalue weighted by Gasteiger charge is -2.48. The van der Waals surface area contributed by atoms with Crippen molar-refractivity contribution in [3.8, 4) is 0 Å². The van der Waals surface area contributed by atoms with Crippen LogP contribution in [-0.4, -0.2) is 51.2 Å². The average Bonchev–Trinajstić information content (AvgIpc) is 3.21. The Morgan fingerprint density at radius 2 is 2.15 bits per heavy atom. The van der Waals surface area contributed by atoms with Crippen LogP contribution in [0.4, 0.5) is 0 Å². The lowest BCUT2D eigenvalue weighted by atomic mass is 9.73. The lowest BCUT2D eigenvalue weighted by molar-refractivity contribution is -0.139. The molecule has 0 saturated carbocycles. The molecule has 1 unspecified atom stereocenters. The summed E-state index contributed by atoms with van der Waals surface area (Å²) >= 11 is 0. The molecular weight excluding hydrogens is 344 g/mol. The Morgan fingerprint density at radius 1 is 1.26 bits per heavy atom. The molecular formula is C20H24N4O3. The summed E-state index contributed by atoms with van der Waals surface area (Å²) in [6, 6.07) is 1.70. The van der Waals surface area contributed by atoms with E-state index in [9.17, 15) is 9.59 Å². The summed E-state index contributed by atoms with van der Waals surface area (Å²) in [6.45, 7) is 4.47. The van der Waals surface area contributed by atoms with Crippen molar-refractivity contribution in [2.75, 3.05) is 19.6 Å². The van der Waals surface area contributed by atoms with E-state index in [1.807, 2.05) is 16.7 Å². The van der Waals surface area contributed by atoms with Gasteiger partial charge in [-0.1, -0.05) is 0 Å². The van der Waals surface area contributed by atoms with Crippen LogP contribution in [0.25, 0.3) is 0 Å².